The summed E-state index contributed by atoms with van der Waals surface area (Å²) in [5, 5.41) is 27.1. The number of rotatable bonds is 8. The standard InChI is InChI=1S/C22H29N3O7/c1-4-31-22(29)20-19(23-18(28)5-6-25-7-9-30-10-8-25)21(32-24-20)15-11-14(13(2)3)16(26)12-17(15)27/h11-13,26-27H,4-10H2,1-3H3,(H,23,28). The molecule has 1 aliphatic rings. The van der Waals surface area contributed by atoms with Crippen LogP contribution in [0.1, 0.15) is 49.2 Å². The number of phenols is 2. The van der Waals surface area contributed by atoms with E-state index in [1.807, 2.05) is 13.8 Å². The van der Waals surface area contributed by atoms with Crippen LogP contribution < -0.4 is 5.32 Å². The van der Waals surface area contributed by atoms with Crippen LogP contribution >= 0.6 is 0 Å². The monoisotopic (exact) mass is 447 g/mol. The van der Waals surface area contributed by atoms with Crippen LogP contribution in [0.25, 0.3) is 11.3 Å². The summed E-state index contributed by atoms with van der Waals surface area (Å²) in [7, 11) is 0. The van der Waals surface area contributed by atoms with Crippen LogP contribution in [0.15, 0.2) is 16.7 Å². The van der Waals surface area contributed by atoms with Gasteiger partial charge in [0, 0.05) is 32.1 Å². The molecule has 0 saturated carbocycles. The molecule has 1 fully saturated rings. The summed E-state index contributed by atoms with van der Waals surface area (Å²) >= 11 is 0. The Labute approximate surface area is 186 Å². The Kier molecular flexibility index (Phi) is 7.70. The molecule has 0 unspecified atom stereocenters. The smallest absolute Gasteiger partial charge is 0.362 e. The van der Waals surface area contributed by atoms with Crippen molar-refractivity contribution in [2.45, 2.75) is 33.1 Å². The largest absolute Gasteiger partial charge is 0.508 e. The number of amides is 1. The number of hydrogen-bond acceptors (Lipinski definition) is 9. The van der Waals surface area contributed by atoms with Crippen LogP contribution in [0.5, 0.6) is 11.5 Å². The summed E-state index contributed by atoms with van der Waals surface area (Å²) in [6.07, 6.45) is 0.186. The predicted molar refractivity (Wildman–Crippen MR) is 116 cm³/mol. The zero-order valence-corrected chi connectivity index (χ0v) is 18.5. The van der Waals surface area contributed by atoms with E-state index in [4.69, 9.17) is 14.0 Å². The number of aromatic nitrogens is 1. The molecular formula is C22H29N3O7. The molecular weight excluding hydrogens is 418 g/mol. The number of phenolic OH excluding ortho intramolecular Hbond substituents is 2. The number of aromatic hydroxyl groups is 2. The van der Waals surface area contributed by atoms with Crippen LogP contribution in [0.4, 0.5) is 5.69 Å². The number of benzene rings is 1. The number of esters is 1. The number of carbonyl (C=O) groups excluding carboxylic acids is 2. The first kappa shape index (κ1) is 23.6. The van der Waals surface area contributed by atoms with Crippen LogP contribution in [0.2, 0.25) is 0 Å². The fourth-order valence-electron chi connectivity index (χ4n) is 3.45. The van der Waals surface area contributed by atoms with E-state index in [0.29, 0.717) is 25.3 Å². The lowest BCUT2D eigenvalue weighted by Crippen LogP contribution is -2.38. The van der Waals surface area contributed by atoms with E-state index in [1.165, 1.54) is 6.07 Å². The molecule has 0 atom stereocenters. The Morgan fingerprint density at radius 3 is 2.59 bits per heavy atom. The molecule has 174 valence electrons. The van der Waals surface area contributed by atoms with Gasteiger partial charge in [0.15, 0.2) is 5.76 Å². The maximum absolute atomic E-state index is 12.7. The van der Waals surface area contributed by atoms with Crippen LogP contribution in [-0.2, 0) is 14.3 Å². The highest BCUT2D eigenvalue weighted by atomic mass is 16.5. The van der Waals surface area contributed by atoms with Crippen LogP contribution in [0, 0.1) is 0 Å². The van der Waals surface area contributed by atoms with Gasteiger partial charge in [0.25, 0.3) is 0 Å². The maximum Gasteiger partial charge on any atom is 0.362 e. The van der Waals surface area contributed by atoms with E-state index in [-0.39, 0.29) is 59.1 Å². The number of hydrogen-bond donors (Lipinski definition) is 3. The first-order valence-electron chi connectivity index (χ1n) is 10.6. The second kappa shape index (κ2) is 10.5. The van der Waals surface area contributed by atoms with Gasteiger partial charge in [-0.05, 0) is 24.5 Å². The molecule has 3 N–H and O–H groups in total. The molecule has 10 heteroatoms. The number of ether oxygens (including phenoxy) is 2. The van der Waals surface area contributed by atoms with Crippen LogP contribution in [-0.4, -0.2) is 71.6 Å². The highest BCUT2D eigenvalue weighted by Gasteiger charge is 2.28. The van der Waals surface area contributed by atoms with Gasteiger partial charge >= 0.3 is 5.97 Å². The minimum absolute atomic E-state index is 0.00664. The quantitative estimate of drug-likeness (QED) is 0.522. The first-order chi connectivity index (χ1) is 15.3. The molecule has 0 aliphatic carbocycles. The molecule has 1 aromatic heterocycles. The van der Waals surface area contributed by atoms with Crippen molar-refractivity contribution in [2.75, 3.05) is 44.8 Å². The summed E-state index contributed by atoms with van der Waals surface area (Å²) in [5.74, 6) is -1.48. The van der Waals surface area contributed by atoms with Crippen molar-refractivity contribution in [3.8, 4) is 22.8 Å². The number of carbonyl (C=O) groups is 2. The third kappa shape index (κ3) is 5.38. The van der Waals surface area contributed by atoms with Crippen molar-refractivity contribution in [3.05, 3.63) is 23.4 Å². The summed E-state index contributed by atoms with van der Waals surface area (Å²) < 4.78 is 15.7. The van der Waals surface area contributed by atoms with Crippen molar-refractivity contribution in [3.63, 3.8) is 0 Å². The van der Waals surface area contributed by atoms with Gasteiger partial charge in [0.05, 0.1) is 25.4 Å². The van der Waals surface area contributed by atoms with Gasteiger partial charge in [-0.15, -0.1) is 0 Å². The Morgan fingerprint density at radius 1 is 1.22 bits per heavy atom. The maximum atomic E-state index is 12.7. The molecule has 0 radical (unpaired) electrons. The highest BCUT2D eigenvalue weighted by Crippen LogP contribution is 2.41. The van der Waals surface area contributed by atoms with Crippen molar-refractivity contribution >= 4 is 17.6 Å². The minimum atomic E-state index is -0.756. The first-order valence-corrected chi connectivity index (χ1v) is 10.6. The topological polar surface area (TPSA) is 134 Å². The van der Waals surface area contributed by atoms with Crippen molar-refractivity contribution < 1.29 is 33.8 Å². The molecule has 32 heavy (non-hydrogen) atoms. The highest BCUT2D eigenvalue weighted by molar-refractivity contribution is 6.04. The fraction of sp³-hybridized carbons (Fsp3) is 0.500. The Hall–Kier alpha value is -3.11. The number of nitrogens with one attached hydrogen (secondary N) is 1. The lowest BCUT2D eigenvalue weighted by Gasteiger charge is -2.26. The lowest BCUT2D eigenvalue weighted by atomic mass is 9.97. The molecule has 2 aromatic rings. The van der Waals surface area contributed by atoms with Crippen molar-refractivity contribution in [1.82, 2.24) is 10.1 Å². The molecule has 1 aliphatic heterocycles. The van der Waals surface area contributed by atoms with Crippen molar-refractivity contribution in [1.29, 1.82) is 0 Å². The van der Waals surface area contributed by atoms with Crippen LogP contribution in [0.3, 0.4) is 0 Å². The number of nitrogens with zero attached hydrogens (tertiary/aromatic N) is 2. The Morgan fingerprint density at radius 2 is 1.94 bits per heavy atom. The van der Waals surface area contributed by atoms with E-state index in [2.05, 4.69) is 15.4 Å². The minimum Gasteiger partial charge on any atom is -0.508 e. The Bertz CT molecular complexity index is 965. The van der Waals surface area contributed by atoms with E-state index < -0.39 is 5.97 Å². The molecule has 1 amide bonds. The van der Waals surface area contributed by atoms with E-state index in [1.54, 1.807) is 13.0 Å². The van der Waals surface area contributed by atoms with E-state index in [9.17, 15) is 19.8 Å². The summed E-state index contributed by atoms with van der Waals surface area (Å²) in [6, 6.07) is 2.75. The third-order valence-corrected chi connectivity index (χ3v) is 5.20. The van der Waals surface area contributed by atoms with Gasteiger partial charge < -0.3 is 29.5 Å². The lowest BCUT2D eigenvalue weighted by molar-refractivity contribution is -0.116. The third-order valence-electron chi connectivity index (χ3n) is 5.20. The average molecular weight is 447 g/mol. The van der Waals surface area contributed by atoms with Gasteiger partial charge in [0.2, 0.25) is 11.6 Å². The number of morpholine rings is 1. The number of anilines is 1. The van der Waals surface area contributed by atoms with Crippen molar-refractivity contribution in [2.24, 2.45) is 0 Å². The summed E-state index contributed by atoms with van der Waals surface area (Å²) in [5.41, 5.74) is 0.584. The second-order valence-corrected chi connectivity index (χ2v) is 7.79. The zero-order chi connectivity index (χ0) is 23.3. The molecule has 10 nitrogen and oxygen atoms in total. The van der Waals surface area contributed by atoms with Gasteiger partial charge in [-0.1, -0.05) is 19.0 Å². The molecule has 1 aromatic carbocycles. The summed E-state index contributed by atoms with van der Waals surface area (Å²) in [6.45, 7) is 8.83. The summed E-state index contributed by atoms with van der Waals surface area (Å²) in [4.78, 5) is 27.2. The molecule has 0 bridgehead atoms. The van der Waals surface area contributed by atoms with E-state index in [0.717, 1.165) is 13.1 Å². The Balaban J connectivity index is 1.91. The fourth-order valence-corrected chi connectivity index (χ4v) is 3.45. The predicted octanol–water partition coefficient (Wildman–Crippen LogP) is 2.71. The second-order valence-electron chi connectivity index (χ2n) is 7.79. The SMILES string of the molecule is CCOC(=O)c1noc(-c2cc(C(C)C)c(O)cc2O)c1NC(=O)CCN1CCOCC1. The molecule has 3 rings (SSSR count). The van der Waals surface area contributed by atoms with Gasteiger partial charge in [-0.3, -0.25) is 9.69 Å². The van der Waals surface area contributed by atoms with Gasteiger partial charge in [-0.25, -0.2) is 4.79 Å². The molecule has 0 spiro atoms. The molecule has 1 saturated heterocycles. The van der Waals surface area contributed by atoms with Gasteiger partial charge in [0.1, 0.15) is 17.2 Å². The van der Waals surface area contributed by atoms with Gasteiger partial charge in [-0.2, -0.15) is 0 Å². The zero-order valence-electron chi connectivity index (χ0n) is 18.5. The average Bonchev–Trinajstić information content (AvgIpc) is 3.16. The molecule has 2 heterocycles. The normalized spacial score (nSPS) is 14.5. The van der Waals surface area contributed by atoms with E-state index >= 15 is 0 Å².